The van der Waals surface area contributed by atoms with Gasteiger partial charge in [-0.3, -0.25) is 9.78 Å². The number of ether oxygens (including phenoxy) is 1. The number of aliphatic carboxylic acids is 1. The van der Waals surface area contributed by atoms with Crippen molar-refractivity contribution >= 4 is 28.6 Å². The molecule has 0 unspecified atom stereocenters. The number of benzene rings is 2. The van der Waals surface area contributed by atoms with Crippen LogP contribution < -0.4 is 4.74 Å². The van der Waals surface area contributed by atoms with Crippen molar-refractivity contribution in [2.75, 3.05) is 32.5 Å². The maximum absolute atomic E-state index is 15.5. The van der Waals surface area contributed by atoms with E-state index >= 15 is 4.39 Å². The molecule has 0 saturated carbocycles. The van der Waals surface area contributed by atoms with Gasteiger partial charge in [-0.15, -0.1) is 11.8 Å². The van der Waals surface area contributed by atoms with Crippen LogP contribution in [-0.2, 0) is 4.79 Å². The fourth-order valence-electron chi connectivity index (χ4n) is 5.40. The third kappa shape index (κ3) is 7.23. The minimum atomic E-state index is -1.70. The number of aromatic nitrogens is 1. The first-order valence-electron chi connectivity index (χ1n) is 13.1. The Bertz CT molecular complexity index is 1340. The van der Waals surface area contributed by atoms with Gasteiger partial charge in [0.25, 0.3) is 0 Å². The van der Waals surface area contributed by atoms with Gasteiger partial charge in [0.15, 0.2) is 17.5 Å². The molecule has 4 rings (SSSR count). The predicted molar refractivity (Wildman–Crippen MR) is 143 cm³/mol. The molecule has 2 heterocycles. The van der Waals surface area contributed by atoms with E-state index in [2.05, 4.69) is 9.88 Å². The number of rotatable bonds is 12. The van der Waals surface area contributed by atoms with Gasteiger partial charge in [-0.2, -0.15) is 0 Å². The highest BCUT2D eigenvalue weighted by atomic mass is 32.2. The number of hydrogen-bond donors (Lipinski definition) is 1. The van der Waals surface area contributed by atoms with E-state index in [1.807, 2.05) is 0 Å². The van der Waals surface area contributed by atoms with Crippen LogP contribution in [0, 0.1) is 35.1 Å². The number of pyridine rings is 1. The number of likely N-dealkylation sites (tertiary alicyclic amines) is 1. The number of halogens is 5. The van der Waals surface area contributed by atoms with Crippen molar-refractivity contribution in [1.29, 1.82) is 0 Å². The van der Waals surface area contributed by atoms with Gasteiger partial charge in [0.2, 0.25) is 0 Å². The Kier molecular flexibility index (Phi) is 10.2. The highest BCUT2D eigenvalue weighted by Crippen LogP contribution is 2.36. The summed E-state index contributed by atoms with van der Waals surface area (Å²) in [6.45, 7) is 1.76. The van der Waals surface area contributed by atoms with Crippen molar-refractivity contribution in [1.82, 2.24) is 9.88 Å². The predicted octanol–water partition coefficient (Wildman–Crippen LogP) is 7.19. The van der Waals surface area contributed by atoms with Gasteiger partial charge in [0, 0.05) is 30.6 Å². The Labute approximate surface area is 233 Å². The average molecular weight is 583 g/mol. The monoisotopic (exact) mass is 582 g/mol. The van der Waals surface area contributed by atoms with Gasteiger partial charge in [-0.25, -0.2) is 22.0 Å². The van der Waals surface area contributed by atoms with Crippen LogP contribution in [0.2, 0.25) is 0 Å². The number of methoxy groups -OCH3 is 1. The molecule has 1 N–H and O–H groups in total. The quantitative estimate of drug-likeness (QED) is 0.0802. The molecule has 40 heavy (non-hydrogen) atoms. The molecule has 216 valence electrons. The number of hydrogen-bond acceptors (Lipinski definition) is 5. The molecule has 0 spiro atoms. The molecule has 3 atom stereocenters. The van der Waals surface area contributed by atoms with E-state index in [0.29, 0.717) is 67.2 Å². The third-order valence-electron chi connectivity index (χ3n) is 7.46. The third-order valence-corrected chi connectivity index (χ3v) is 8.62. The second-order valence-electron chi connectivity index (χ2n) is 10.0. The highest BCUT2D eigenvalue weighted by Gasteiger charge is 2.31. The standard InChI is InChI=1S/C29H31F5N2O3S/c1-39-19-4-6-25-21(14-19)20(7-9-35-25)22(30)5-3-17-8-11-36(16-18(17)13-26(37)38)10-2-12-40-29-24(32)15-23(31)27(33)28(29)34/h4,6-7,9,14-15,17-18,22H,2-3,5,8,10-13,16H2,1H3,(H,37,38)/t17-,18+,22+/m1/s1. The van der Waals surface area contributed by atoms with Crippen LogP contribution in [0.15, 0.2) is 41.4 Å². The Hall–Kier alpha value is -2.92. The van der Waals surface area contributed by atoms with Gasteiger partial charge in [0.1, 0.15) is 17.7 Å². The van der Waals surface area contributed by atoms with Crippen LogP contribution >= 0.6 is 11.8 Å². The highest BCUT2D eigenvalue weighted by molar-refractivity contribution is 7.99. The molecule has 1 aromatic heterocycles. The molecule has 1 saturated heterocycles. The topological polar surface area (TPSA) is 62.7 Å². The van der Waals surface area contributed by atoms with Crippen LogP contribution in [0.1, 0.15) is 43.8 Å². The van der Waals surface area contributed by atoms with Crippen LogP contribution in [0.25, 0.3) is 10.9 Å². The van der Waals surface area contributed by atoms with Crippen molar-refractivity contribution < 1.29 is 36.6 Å². The SMILES string of the molecule is COc1ccc2nccc([C@@H](F)CC[C@@H]3CCN(CCCSc4c(F)cc(F)c(F)c4F)C[C@@H]3CC(=O)O)c2c1. The maximum Gasteiger partial charge on any atom is 0.303 e. The van der Waals surface area contributed by atoms with Crippen LogP contribution in [-0.4, -0.2) is 53.5 Å². The van der Waals surface area contributed by atoms with E-state index < -0.39 is 40.3 Å². The number of carbonyl (C=O) groups is 1. The number of piperidine rings is 1. The lowest BCUT2D eigenvalue weighted by Crippen LogP contribution is -2.42. The molecule has 3 aromatic rings. The van der Waals surface area contributed by atoms with E-state index in [0.717, 1.165) is 11.8 Å². The summed E-state index contributed by atoms with van der Waals surface area (Å²) in [5, 5.41) is 10.2. The second kappa shape index (κ2) is 13.6. The molecular formula is C29H31F5N2O3S. The number of thioether (sulfide) groups is 1. The molecule has 1 fully saturated rings. The first kappa shape index (κ1) is 30.0. The largest absolute Gasteiger partial charge is 0.497 e. The van der Waals surface area contributed by atoms with Crippen LogP contribution in [0.3, 0.4) is 0 Å². The minimum absolute atomic E-state index is 0.0342. The van der Waals surface area contributed by atoms with Crippen LogP contribution in [0.4, 0.5) is 22.0 Å². The van der Waals surface area contributed by atoms with Gasteiger partial charge < -0.3 is 14.7 Å². The Morgan fingerprint density at radius 1 is 1.15 bits per heavy atom. The molecule has 0 radical (unpaired) electrons. The van der Waals surface area contributed by atoms with Crippen molar-refractivity contribution in [2.24, 2.45) is 11.8 Å². The van der Waals surface area contributed by atoms with E-state index in [-0.39, 0.29) is 30.4 Å². The summed E-state index contributed by atoms with van der Waals surface area (Å²) < 4.78 is 75.1. The Morgan fingerprint density at radius 2 is 1.95 bits per heavy atom. The number of carboxylic acids is 1. The van der Waals surface area contributed by atoms with E-state index in [9.17, 15) is 27.5 Å². The first-order valence-corrected chi connectivity index (χ1v) is 14.1. The number of nitrogens with zero attached hydrogens (tertiary/aromatic N) is 2. The number of alkyl halides is 1. The molecular weight excluding hydrogens is 551 g/mol. The summed E-state index contributed by atoms with van der Waals surface area (Å²) in [4.78, 5) is 17.4. The van der Waals surface area contributed by atoms with Gasteiger partial charge in [0.05, 0.1) is 17.5 Å². The van der Waals surface area contributed by atoms with Crippen molar-refractivity contribution in [3.63, 3.8) is 0 Å². The Balaban J connectivity index is 1.32. The fraction of sp³-hybridized carbons (Fsp3) is 0.448. The summed E-state index contributed by atoms with van der Waals surface area (Å²) in [6, 6.07) is 7.32. The Morgan fingerprint density at radius 3 is 2.70 bits per heavy atom. The second-order valence-corrected chi connectivity index (χ2v) is 11.1. The first-order chi connectivity index (χ1) is 19.2. The lowest BCUT2D eigenvalue weighted by molar-refractivity contribution is -0.139. The summed E-state index contributed by atoms with van der Waals surface area (Å²) in [5.74, 6) is -6.10. The normalized spacial score (nSPS) is 18.6. The zero-order valence-electron chi connectivity index (χ0n) is 22.0. The molecule has 11 heteroatoms. The lowest BCUT2D eigenvalue weighted by atomic mass is 9.79. The molecule has 0 bridgehead atoms. The van der Waals surface area contributed by atoms with Crippen LogP contribution in [0.5, 0.6) is 5.75 Å². The van der Waals surface area contributed by atoms with E-state index in [4.69, 9.17) is 4.74 Å². The zero-order chi connectivity index (χ0) is 28.8. The fourth-order valence-corrected chi connectivity index (χ4v) is 6.29. The number of carboxylic acid groups (broad SMARTS) is 1. The smallest absolute Gasteiger partial charge is 0.303 e. The molecule has 1 aliphatic rings. The summed E-state index contributed by atoms with van der Waals surface area (Å²) in [5.41, 5.74) is 1.20. The summed E-state index contributed by atoms with van der Waals surface area (Å²) >= 11 is 0.778. The van der Waals surface area contributed by atoms with E-state index in [1.54, 1.807) is 37.6 Å². The van der Waals surface area contributed by atoms with E-state index in [1.165, 1.54) is 0 Å². The molecule has 0 aliphatic carbocycles. The lowest BCUT2D eigenvalue weighted by Gasteiger charge is -2.38. The minimum Gasteiger partial charge on any atom is -0.497 e. The van der Waals surface area contributed by atoms with Crippen molar-refractivity contribution in [3.05, 3.63) is 65.4 Å². The molecule has 2 aromatic carbocycles. The zero-order valence-corrected chi connectivity index (χ0v) is 22.8. The van der Waals surface area contributed by atoms with Gasteiger partial charge in [-0.05, 0) is 86.2 Å². The van der Waals surface area contributed by atoms with Gasteiger partial charge >= 0.3 is 5.97 Å². The van der Waals surface area contributed by atoms with Gasteiger partial charge in [-0.1, -0.05) is 0 Å². The number of fused-ring (bicyclic) bond motifs is 1. The summed E-state index contributed by atoms with van der Waals surface area (Å²) in [6.07, 6.45) is 2.30. The van der Waals surface area contributed by atoms with Crippen molar-refractivity contribution in [3.8, 4) is 5.75 Å². The molecule has 0 amide bonds. The van der Waals surface area contributed by atoms with Crippen molar-refractivity contribution in [2.45, 2.75) is 43.2 Å². The molecule has 5 nitrogen and oxygen atoms in total. The maximum atomic E-state index is 15.5. The average Bonchev–Trinajstić information content (AvgIpc) is 2.94. The molecule has 1 aliphatic heterocycles. The summed E-state index contributed by atoms with van der Waals surface area (Å²) in [7, 11) is 1.55.